The smallest absolute Gasteiger partial charge is 0.294 e. The summed E-state index contributed by atoms with van der Waals surface area (Å²) < 4.78 is 20.2. The van der Waals surface area contributed by atoms with E-state index in [4.69, 9.17) is 4.74 Å². The molecule has 0 atom stereocenters. The molecule has 0 spiro atoms. The van der Waals surface area contributed by atoms with Crippen molar-refractivity contribution >= 4 is 72.4 Å². The first-order chi connectivity index (χ1) is 16.8. The summed E-state index contributed by atoms with van der Waals surface area (Å²) in [5.74, 6) is -0.779. The molecular formula is C25H17Br2FN2O4S. The number of hydrogen-bond acceptors (Lipinski definition) is 5. The topological polar surface area (TPSA) is 75.7 Å². The van der Waals surface area contributed by atoms with Gasteiger partial charge < -0.3 is 10.1 Å². The number of rotatable bonds is 7. The van der Waals surface area contributed by atoms with Gasteiger partial charge in [0.05, 0.1) is 13.9 Å². The van der Waals surface area contributed by atoms with Crippen molar-refractivity contribution < 1.29 is 23.5 Å². The number of para-hydroxylation sites is 1. The largest absolute Gasteiger partial charge is 0.487 e. The minimum absolute atomic E-state index is 0.210. The van der Waals surface area contributed by atoms with Gasteiger partial charge in [-0.15, -0.1) is 0 Å². The first-order valence-electron chi connectivity index (χ1n) is 10.3. The Morgan fingerprint density at radius 2 is 1.69 bits per heavy atom. The molecule has 0 saturated carbocycles. The second kappa shape index (κ2) is 11.2. The highest BCUT2D eigenvalue weighted by Crippen LogP contribution is 2.38. The van der Waals surface area contributed by atoms with Gasteiger partial charge in [0.15, 0.2) is 0 Å². The Bertz CT molecular complexity index is 1290. The van der Waals surface area contributed by atoms with Gasteiger partial charge in [-0.1, -0.05) is 30.3 Å². The van der Waals surface area contributed by atoms with Crippen LogP contribution < -0.4 is 10.1 Å². The fourth-order valence-electron chi connectivity index (χ4n) is 3.19. The van der Waals surface area contributed by atoms with Crippen molar-refractivity contribution in [2.45, 2.75) is 6.61 Å². The van der Waals surface area contributed by atoms with Crippen LogP contribution in [0, 0.1) is 5.82 Å². The molecule has 10 heteroatoms. The number of anilines is 1. The summed E-state index contributed by atoms with van der Waals surface area (Å²) in [5.41, 5.74) is 2.04. The number of imide groups is 1. The zero-order chi connectivity index (χ0) is 24.9. The number of ether oxygens (including phenoxy) is 1. The number of hydrogen-bond donors (Lipinski definition) is 1. The maximum Gasteiger partial charge on any atom is 0.294 e. The molecule has 1 fully saturated rings. The van der Waals surface area contributed by atoms with E-state index in [1.165, 1.54) is 12.1 Å². The highest BCUT2D eigenvalue weighted by atomic mass is 79.9. The molecule has 3 aromatic carbocycles. The van der Waals surface area contributed by atoms with E-state index in [1.54, 1.807) is 54.6 Å². The van der Waals surface area contributed by atoms with Gasteiger partial charge in [0, 0.05) is 5.69 Å². The lowest BCUT2D eigenvalue weighted by atomic mass is 10.2. The van der Waals surface area contributed by atoms with Crippen molar-refractivity contribution in [3.8, 4) is 5.75 Å². The van der Waals surface area contributed by atoms with Gasteiger partial charge in [-0.05, 0) is 97.2 Å². The monoisotopic (exact) mass is 618 g/mol. The van der Waals surface area contributed by atoms with E-state index in [0.29, 0.717) is 25.9 Å². The van der Waals surface area contributed by atoms with E-state index >= 15 is 0 Å². The zero-order valence-corrected chi connectivity index (χ0v) is 22.0. The van der Waals surface area contributed by atoms with Gasteiger partial charge in [-0.2, -0.15) is 0 Å². The standard InChI is InChI=1S/C25H17Br2FN2O4S/c26-19-10-16(11-20(27)23(19)34-14-15-6-8-17(28)9-7-15)12-21-24(32)30(25(33)35-21)13-22(31)29-18-4-2-1-3-5-18/h1-12H,13-14H2,(H,29,31)/b21-12+. The summed E-state index contributed by atoms with van der Waals surface area (Å²) in [6.07, 6.45) is 1.58. The van der Waals surface area contributed by atoms with Crippen LogP contribution >= 0.6 is 43.6 Å². The Morgan fingerprint density at radius 1 is 1.03 bits per heavy atom. The first-order valence-corrected chi connectivity index (χ1v) is 12.7. The van der Waals surface area contributed by atoms with Gasteiger partial charge in [0.25, 0.3) is 11.1 Å². The van der Waals surface area contributed by atoms with E-state index in [2.05, 4.69) is 37.2 Å². The fourth-order valence-corrected chi connectivity index (χ4v) is 5.48. The van der Waals surface area contributed by atoms with Crippen molar-refractivity contribution in [1.29, 1.82) is 0 Å². The maximum absolute atomic E-state index is 13.1. The van der Waals surface area contributed by atoms with Crippen LogP contribution in [0.2, 0.25) is 0 Å². The first kappa shape index (κ1) is 25.2. The number of nitrogens with one attached hydrogen (secondary N) is 1. The summed E-state index contributed by atoms with van der Waals surface area (Å²) in [5, 5.41) is 2.15. The van der Waals surface area contributed by atoms with E-state index in [9.17, 15) is 18.8 Å². The second-order valence-electron chi connectivity index (χ2n) is 7.41. The molecule has 0 bridgehead atoms. The minimum Gasteiger partial charge on any atom is -0.487 e. The molecule has 1 heterocycles. The predicted octanol–water partition coefficient (Wildman–Crippen LogP) is 6.60. The summed E-state index contributed by atoms with van der Waals surface area (Å²) in [7, 11) is 0. The van der Waals surface area contributed by atoms with E-state index < -0.39 is 17.1 Å². The van der Waals surface area contributed by atoms with Crippen LogP contribution in [0.1, 0.15) is 11.1 Å². The maximum atomic E-state index is 13.1. The summed E-state index contributed by atoms with van der Waals surface area (Å²) in [6.45, 7) is -0.138. The number of nitrogens with zero attached hydrogens (tertiary/aromatic N) is 1. The van der Waals surface area contributed by atoms with Crippen molar-refractivity contribution in [3.05, 3.63) is 97.5 Å². The molecule has 4 rings (SSSR count). The number of halogens is 3. The number of benzene rings is 3. The predicted molar refractivity (Wildman–Crippen MR) is 140 cm³/mol. The van der Waals surface area contributed by atoms with Crippen LogP contribution in [-0.4, -0.2) is 28.5 Å². The third kappa shape index (κ3) is 6.39. The van der Waals surface area contributed by atoms with Gasteiger partial charge in [0.2, 0.25) is 5.91 Å². The third-order valence-corrected chi connectivity index (χ3v) is 6.93. The van der Waals surface area contributed by atoms with Crippen LogP contribution in [0.15, 0.2) is 80.6 Å². The van der Waals surface area contributed by atoms with Crippen LogP contribution in [0.4, 0.5) is 14.9 Å². The average molecular weight is 620 g/mol. The van der Waals surface area contributed by atoms with Crippen molar-refractivity contribution in [1.82, 2.24) is 4.90 Å². The van der Waals surface area contributed by atoms with Crippen LogP contribution in [0.5, 0.6) is 5.75 Å². The van der Waals surface area contributed by atoms with Gasteiger partial charge >= 0.3 is 0 Å². The zero-order valence-electron chi connectivity index (χ0n) is 18.0. The van der Waals surface area contributed by atoms with Crippen LogP contribution in [0.25, 0.3) is 6.08 Å². The number of carbonyl (C=O) groups excluding carboxylic acids is 3. The van der Waals surface area contributed by atoms with Crippen molar-refractivity contribution in [2.75, 3.05) is 11.9 Å². The Hall–Kier alpha value is -2.95. The fraction of sp³-hybridized carbons (Fsp3) is 0.0800. The molecule has 1 aliphatic heterocycles. The molecular weight excluding hydrogens is 603 g/mol. The summed E-state index contributed by atoms with van der Waals surface area (Å²) >= 11 is 7.71. The normalized spacial score (nSPS) is 14.5. The van der Waals surface area contributed by atoms with Crippen LogP contribution in [-0.2, 0) is 16.2 Å². The molecule has 0 aromatic heterocycles. The Balaban J connectivity index is 1.44. The molecule has 6 nitrogen and oxygen atoms in total. The number of carbonyl (C=O) groups is 3. The van der Waals surface area contributed by atoms with Gasteiger partial charge in [0.1, 0.15) is 24.7 Å². The number of amides is 3. The molecule has 3 aromatic rings. The molecule has 1 aliphatic rings. The molecule has 1 N–H and O–H groups in total. The Kier molecular flexibility index (Phi) is 8.04. The van der Waals surface area contributed by atoms with Gasteiger partial charge in [-0.3, -0.25) is 19.3 Å². The summed E-state index contributed by atoms with van der Waals surface area (Å²) in [4.78, 5) is 38.6. The van der Waals surface area contributed by atoms with E-state index in [1.807, 2.05) is 6.07 Å². The molecule has 0 radical (unpaired) electrons. The van der Waals surface area contributed by atoms with E-state index in [-0.39, 0.29) is 23.9 Å². The molecule has 0 unspecified atom stereocenters. The molecule has 1 saturated heterocycles. The molecule has 35 heavy (non-hydrogen) atoms. The Morgan fingerprint density at radius 3 is 2.34 bits per heavy atom. The van der Waals surface area contributed by atoms with Crippen LogP contribution in [0.3, 0.4) is 0 Å². The average Bonchev–Trinajstić information content (AvgIpc) is 3.07. The van der Waals surface area contributed by atoms with Crippen molar-refractivity contribution in [3.63, 3.8) is 0 Å². The molecule has 0 aliphatic carbocycles. The second-order valence-corrected chi connectivity index (χ2v) is 10.1. The SMILES string of the molecule is O=C(CN1C(=O)S/C(=C/c2cc(Br)c(OCc3ccc(F)cc3)c(Br)c2)C1=O)Nc1ccccc1. The van der Waals surface area contributed by atoms with E-state index in [0.717, 1.165) is 22.2 Å². The Labute approximate surface area is 221 Å². The molecule has 178 valence electrons. The van der Waals surface area contributed by atoms with Crippen molar-refractivity contribution in [2.24, 2.45) is 0 Å². The third-order valence-electron chi connectivity index (χ3n) is 4.85. The lowest BCUT2D eigenvalue weighted by molar-refractivity contribution is -0.127. The minimum atomic E-state index is -0.535. The highest BCUT2D eigenvalue weighted by Gasteiger charge is 2.36. The highest BCUT2D eigenvalue weighted by molar-refractivity contribution is 9.11. The van der Waals surface area contributed by atoms with Gasteiger partial charge in [-0.25, -0.2) is 4.39 Å². The number of thioether (sulfide) groups is 1. The summed E-state index contributed by atoms with van der Waals surface area (Å²) in [6, 6.07) is 18.3. The quantitative estimate of drug-likeness (QED) is 0.301. The molecule has 3 amide bonds. The lowest BCUT2D eigenvalue weighted by Gasteiger charge is -2.12. The lowest BCUT2D eigenvalue weighted by Crippen LogP contribution is -2.36.